The van der Waals surface area contributed by atoms with Gasteiger partial charge in [-0.05, 0) is 31.7 Å². The second-order valence-electron chi connectivity index (χ2n) is 6.73. The largest absolute Gasteiger partial charge is 0.343 e. The van der Waals surface area contributed by atoms with Crippen LogP contribution in [0.25, 0.3) is 0 Å². The molecule has 1 aromatic rings. The van der Waals surface area contributed by atoms with E-state index >= 15 is 0 Å². The summed E-state index contributed by atoms with van der Waals surface area (Å²) >= 11 is 0. The number of fused-ring (bicyclic) bond motifs is 1. The van der Waals surface area contributed by atoms with Crippen molar-refractivity contribution in [2.24, 2.45) is 0 Å². The van der Waals surface area contributed by atoms with Crippen LogP contribution in [-0.2, 0) is 21.4 Å². The second kappa shape index (κ2) is 5.59. The minimum Gasteiger partial charge on any atom is -0.343 e. The van der Waals surface area contributed by atoms with Crippen molar-refractivity contribution in [1.29, 1.82) is 0 Å². The van der Waals surface area contributed by atoms with Crippen molar-refractivity contribution in [3.63, 3.8) is 0 Å². The summed E-state index contributed by atoms with van der Waals surface area (Å²) in [5, 5.41) is 4.19. The second-order valence-corrected chi connectivity index (χ2v) is 8.94. The highest BCUT2D eigenvalue weighted by molar-refractivity contribution is 7.90. The van der Waals surface area contributed by atoms with Gasteiger partial charge in [-0.3, -0.25) is 9.48 Å². The first-order valence-electron chi connectivity index (χ1n) is 8.35. The smallest absolute Gasteiger partial charge is 0.222 e. The molecular weight excluding hydrogens is 316 g/mol. The van der Waals surface area contributed by atoms with Crippen molar-refractivity contribution in [2.45, 2.75) is 49.9 Å². The molecule has 0 radical (unpaired) electrons. The fourth-order valence-electron chi connectivity index (χ4n) is 3.58. The summed E-state index contributed by atoms with van der Waals surface area (Å²) in [6.45, 7) is 2.38. The van der Waals surface area contributed by atoms with Crippen molar-refractivity contribution < 1.29 is 13.2 Å². The Morgan fingerprint density at radius 3 is 2.83 bits per heavy atom. The maximum Gasteiger partial charge on any atom is 0.222 e. The van der Waals surface area contributed by atoms with Crippen molar-refractivity contribution in [1.82, 2.24) is 19.0 Å². The van der Waals surface area contributed by atoms with E-state index in [1.54, 1.807) is 10.5 Å². The van der Waals surface area contributed by atoms with Gasteiger partial charge >= 0.3 is 0 Å². The van der Waals surface area contributed by atoms with E-state index in [4.69, 9.17) is 0 Å². The van der Waals surface area contributed by atoms with Crippen LogP contribution in [-0.4, -0.2) is 58.2 Å². The van der Waals surface area contributed by atoms with Gasteiger partial charge < -0.3 is 4.90 Å². The highest BCUT2D eigenvalue weighted by atomic mass is 32.2. The van der Waals surface area contributed by atoms with E-state index in [0.29, 0.717) is 26.1 Å². The van der Waals surface area contributed by atoms with E-state index in [0.717, 1.165) is 37.9 Å². The first kappa shape index (κ1) is 15.1. The molecule has 4 rings (SSSR count). The molecule has 1 saturated heterocycles. The third-order valence-electron chi connectivity index (χ3n) is 5.06. The maximum atomic E-state index is 12.6. The number of carbonyl (C=O) groups excluding carboxylic acids is 1. The van der Waals surface area contributed by atoms with Crippen molar-refractivity contribution in [3.05, 3.63) is 18.0 Å². The number of hydrogen-bond acceptors (Lipinski definition) is 4. The van der Waals surface area contributed by atoms with E-state index < -0.39 is 10.0 Å². The molecular formula is C15H22N4O3S. The van der Waals surface area contributed by atoms with Gasteiger partial charge in [0, 0.05) is 32.3 Å². The molecule has 0 N–H and O–H groups in total. The minimum atomic E-state index is -3.18. The SMILES string of the molecule is O=C1CCCN1CC[C@@H]1CN(S(=O)(=O)C2CC2)Cc2ccnn21. The Morgan fingerprint density at radius 2 is 2.13 bits per heavy atom. The lowest BCUT2D eigenvalue weighted by molar-refractivity contribution is -0.127. The van der Waals surface area contributed by atoms with Crippen LogP contribution in [0, 0.1) is 0 Å². The standard InChI is InChI=1S/C15H22N4O3S/c20-15-2-1-8-17(15)9-6-13-11-18(23(21,22)14-3-4-14)10-12-5-7-16-19(12)13/h5,7,13-14H,1-4,6,8-11H2/t13-/m1/s1. The molecule has 1 saturated carbocycles. The molecule has 0 spiro atoms. The molecule has 23 heavy (non-hydrogen) atoms. The van der Waals surface area contributed by atoms with Gasteiger partial charge in [-0.2, -0.15) is 9.40 Å². The third-order valence-corrected chi connectivity index (χ3v) is 7.37. The predicted octanol–water partition coefficient (Wildman–Crippen LogP) is 0.744. The minimum absolute atomic E-state index is 0.00988. The lowest BCUT2D eigenvalue weighted by atomic mass is 10.1. The average molecular weight is 338 g/mol. The lowest BCUT2D eigenvalue weighted by Gasteiger charge is -2.34. The molecule has 8 heteroatoms. The Morgan fingerprint density at radius 1 is 1.30 bits per heavy atom. The van der Waals surface area contributed by atoms with Crippen LogP contribution < -0.4 is 0 Å². The molecule has 3 heterocycles. The molecule has 1 atom stereocenters. The Bertz CT molecular complexity index is 710. The Balaban J connectivity index is 1.50. The Kier molecular flexibility index (Phi) is 3.68. The number of likely N-dealkylation sites (tertiary alicyclic amines) is 1. The van der Waals surface area contributed by atoms with Crippen LogP contribution in [0.4, 0.5) is 0 Å². The molecule has 1 amide bonds. The van der Waals surface area contributed by atoms with E-state index in [1.165, 1.54) is 0 Å². The topological polar surface area (TPSA) is 75.5 Å². The number of hydrogen-bond donors (Lipinski definition) is 0. The highest BCUT2D eigenvalue weighted by Gasteiger charge is 2.42. The zero-order chi connectivity index (χ0) is 16.0. The first-order chi connectivity index (χ1) is 11.1. The molecule has 0 bridgehead atoms. The van der Waals surface area contributed by atoms with Gasteiger partial charge in [-0.1, -0.05) is 0 Å². The van der Waals surface area contributed by atoms with Crippen LogP contribution in [0.15, 0.2) is 12.3 Å². The van der Waals surface area contributed by atoms with E-state index in [-0.39, 0.29) is 17.2 Å². The summed E-state index contributed by atoms with van der Waals surface area (Å²) in [4.78, 5) is 13.6. The van der Waals surface area contributed by atoms with Gasteiger partial charge in [0.25, 0.3) is 0 Å². The number of rotatable bonds is 5. The Labute approximate surface area is 136 Å². The van der Waals surface area contributed by atoms with Crippen molar-refractivity contribution in [2.75, 3.05) is 19.6 Å². The molecule has 2 aliphatic heterocycles. The van der Waals surface area contributed by atoms with Gasteiger partial charge in [-0.25, -0.2) is 8.42 Å². The monoisotopic (exact) mass is 338 g/mol. The number of nitrogens with zero attached hydrogens (tertiary/aromatic N) is 4. The highest BCUT2D eigenvalue weighted by Crippen LogP contribution is 2.35. The number of sulfonamides is 1. The van der Waals surface area contributed by atoms with E-state index in [2.05, 4.69) is 5.10 Å². The van der Waals surface area contributed by atoms with Crippen LogP contribution in [0.1, 0.15) is 43.8 Å². The zero-order valence-corrected chi connectivity index (χ0v) is 13.9. The average Bonchev–Trinajstić information content (AvgIpc) is 3.16. The summed E-state index contributed by atoms with van der Waals surface area (Å²) in [5.41, 5.74) is 0.943. The molecule has 2 fully saturated rings. The van der Waals surface area contributed by atoms with E-state index in [9.17, 15) is 13.2 Å². The van der Waals surface area contributed by atoms with E-state index in [1.807, 2.05) is 15.6 Å². The van der Waals surface area contributed by atoms with Crippen LogP contribution in [0.2, 0.25) is 0 Å². The van der Waals surface area contributed by atoms with Crippen LogP contribution in [0.3, 0.4) is 0 Å². The van der Waals surface area contributed by atoms with Gasteiger partial charge in [-0.15, -0.1) is 0 Å². The molecule has 0 aromatic carbocycles. The fraction of sp³-hybridized carbons (Fsp3) is 0.733. The molecule has 0 unspecified atom stereocenters. The van der Waals surface area contributed by atoms with Gasteiger partial charge in [0.1, 0.15) is 0 Å². The summed E-state index contributed by atoms with van der Waals surface area (Å²) < 4.78 is 28.7. The predicted molar refractivity (Wildman–Crippen MR) is 84.0 cm³/mol. The molecule has 1 aromatic heterocycles. The summed E-state index contributed by atoms with van der Waals surface area (Å²) in [6.07, 6.45) is 5.61. The van der Waals surface area contributed by atoms with Gasteiger partial charge in [0.05, 0.1) is 23.5 Å². The van der Waals surface area contributed by atoms with Crippen LogP contribution >= 0.6 is 0 Å². The molecule has 7 nitrogen and oxygen atoms in total. The van der Waals surface area contributed by atoms with Gasteiger partial charge in [0.2, 0.25) is 15.9 Å². The normalized spacial score (nSPS) is 25.8. The number of aromatic nitrogens is 2. The first-order valence-corrected chi connectivity index (χ1v) is 9.85. The molecule has 3 aliphatic rings. The lowest BCUT2D eigenvalue weighted by Crippen LogP contribution is -2.43. The summed E-state index contributed by atoms with van der Waals surface area (Å²) in [6, 6.07) is 1.90. The van der Waals surface area contributed by atoms with Crippen molar-refractivity contribution >= 4 is 15.9 Å². The fourth-order valence-corrected chi connectivity index (χ4v) is 5.43. The van der Waals surface area contributed by atoms with Crippen LogP contribution in [0.5, 0.6) is 0 Å². The third kappa shape index (κ3) is 2.78. The maximum absolute atomic E-state index is 12.6. The number of amides is 1. The number of carbonyl (C=O) groups is 1. The van der Waals surface area contributed by atoms with Crippen molar-refractivity contribution in [3.8, 4) is 0 Å². The summed E-state index contributed by atoms with van der Waals surface area (Å²) in [5.74, 6) is 0.212. The summed E-state index contributed by atoms with van der Waals surface area (Å²) in [7, 11) is -3.18. The van der Waals surface area contributed by atoms with Gasteiger partial charge in [0.15, 0.2) is 0 Å². The quantitative estimate of drug-likeness (QED) is 0.794. The Hall–Kier alpha value is -1.41. The molecule has 1 aliphatic carbocycles. The molecule has 126 valence electrons. The zero-order valence-electron chi connectivity index (χ0n) is 13.1.